The van der Waals surface area contributed by atoms with E-state index in [-0.39, 0.29) is 0 Å². The Hall–Kier alpha value is -2.92. The van der Waals surface area contributed by atoms with E-state index in [9.17, 15) is 0 Å². The molecular formula is C19H15N3OS. The maximum atomic E-state index is 5.14. The lowest BCUT2D eigenvalue weighted by Crippen LogP contribution is -1.90. The number of rotatable bonds is 4. The van der Waals surface area contributed by atoms with E-state index in [0.29, 0.717) is 0 Å². The minimum atomic E-state index is 0.783. The summed E-state index contributed by atoms with van der Waals surface area (Å²) in [5, 5.41) is 7.50. The Bertz CT molecular complexity index is 1020. The summed E-state index contributed by atoms with van der Waals surface area (Å²) < 4.78 is 6.32. The van der Waals surface area contributed by atoms with Crippen LogP contribution in [0.1, 0.15) is 5.56 Å². The van der Waals surface area contributed by atoms with Crippen LogP contribution in [-0.4, -0.2) is 18.3 Å². The van der Waals surface area contributed by atoms with Crippen LogP contribution in [0.3, 0.4) is 0 Å². The van der Waals surface area contributed by atoms with E-state index in [4.69, 9.17) is 4.74 Å². The zero-order valence-corrected chi connectivity index (χ0v) is 13.9. The minimum Gasteiger partial charge on any atom is -0.497 e. The molecule has 3 aromatic carbocycles. The first-order valence-corrected chi connectivity index (χ1v) is 8.36. The fraction of sp³-hybridized carbons (Fsp3) is 0.0526. The number of fused-ring (bicyclic) bond motifs is 3. The van der Waals surface area contributed by atoms with E-state index in [2.05, 4.69) is 39.8 Å². The molecule has 0 aliphatic carbocycles. The minimum absolute atomic E-state index is 0.783. The summed E-state index contributed by atoms with van der Waals surface area (Å²) in [5.74, 6) is 0.832. The average Bonchev–Trinajstić information content (AvgIpc) is 3.06. The summed E-state index contributed by atoms with van der Waals surface area (Å²) in [4.78, 5) is 4.60. The van der Waals surface area contributed by atoms with Crippen LogP contribution < -0.4 is 10.2 Å². The molecule has 1 aromatic heterocycles. The molecule has 0 saturated heterocycles. The van der Waals surface area contributed by atoms with Gasteiger partial charge in [-0.05, 0) is 41.3 Å². The summed E-state index contributed by atoms with van der Waals surface area (Å²) in [6, 6.07) is 20.2. The number of nitrogens with zero attached hydrogens (tertiary/aromatic N) is 2. The molecule has 0 amide bonds. The maximum absolute atomic E-state index is 5.14. The number of nitrogens with one attached hydrogen (secondary N) is 1. The number of aromatic nitrogens is 1. The summed E-state index contributed by atoms with van der Waals surface area (Å²) in [6.45, 7) is 0. The van der Waals surface area contributed by atoms with Crippen LogP contribution in [-0.2, 0) is 0 Å². The summed E-state index contributed by atoms with van der Waals surface area (Å²) in [5.41, 5.74) is 5.00. The second-order valence-corrected chi connectivity index (χ2v) is 6.30. The van der Waals surface area contributed by atoms with Gasteiger partial charge in [0.2, 0.25) is 5.13 Å². The van der Waals surface area contributed by atoms with Gasteiger partial charge >= 0.3 is 0 Å². The molecule has 0 aliphatic rings. The summed E-state index contributed by atoms with van der Waals surface area (Å²) in [6.07, 6.45) is 1.77. The van der Waals surface area contributed by atoms with Gasteiger partial charge in [0.1, 0.15) is 5.75 Å². The highest BCUT2D eigenvalue weighted by atomic mass is 32.1. The van der Waals surface area contributed by atoms with Gasteiger partial charge in [-0.25, -0.2) is 4.98 Å². The lowest BCUT2D eigenvalue weighted by Gasteiger charge is -1.98. The Kier molecular flexibility index (Phi) is 3.84. The van der Waals surface area contributed by atoms with Gasteiger partial charge in [-0.3, -0.25) is 5.43 Å². The van der Waals surface area contributed by atoms with E-state index in [0.717, 1.165) is 22.0 Å². The molecule has 4 rings (SSSR count). The number of ether oxygens (including phenoxy) is 1. The quantitative estimate of drug-likeness (QED) is 0.426. The van der Waals surface area contributed by atoms with Crippen molar-refractivity contribution in [2.75, 3.05) is 12.5 Å². The molecule has 1 N–H and O–H groups in total. The smallest absolute Gasteiger partial charge is 0.204 e. The molecule has 5 heteroatoms. The van der Waals surface area contributed by atoms with Crippen molar-refractivity contribution in [3.63, 3.8) is 0 Å². The predicted molar refractivity (Wildman–Crippen MR) is 101 cm³/mol. The average molecular weight is 333 g/mol. The highest BCUT2D eigenvalue weighted by Gasteiger charge is 2.06. The number of hydrogen-bond donors (Lipinski definition) is 1. The Labute approximate surface area is 143 Å². The monoisotopic (exact) mass is 333 g/mol. The number of benzene rings is 3. The molecule has 0 atom stereocenters. The fourth-order valence-corrected chi connectivity index (χ4v) is 3.51. The normalized spacial score (nSPS) is 11.4. The van der Waals surface area contributed by atoms with Crippen molar-refractivity contribution < 1.29 is 4.74 Å². The van der Waals surface area contributed by atoms with Crippen molar-refractivity contribution >= 4 is 43.7 Å². The van der Waals surface area contributed by atoms with Crippen LogP contribution in [0.15, 0.2) is 65.8 Å². The van der Waals surface area contributed by atoms with Crippen molar-refractivity contribution in [2.45, 2.75) is 0 Å². The Morgan fingerprint density at radius 1 is 1.04 bits per heavy atom. The maximum Gasteiger partial charge on any atom is 0.204 e. The first kappa shape index (κ1) is 14.7. The van der Waals surface area contributed by atoms with Crippen LogP contribution in [0.5, 0.6) is 5.75 Å². The van der Waals surface area contributed by atoms with E-state index < -0.39 is 0 Å². The second-order valence-electron chi connectivity index (χ2n) is 5.30. The third kappa shape index (κ3) is 2.81. The zero-order chi connectivity index (χ0) is 16.4. The third-order valence-corrected chi connectivity index (χ3v) is 4.78. The molecule has 4 nitrogen and oxygen atoms in total. The van der Waals surface area contributed by atoms with Gasteiger partial charge in [0.15, 0.2) is 0 Å². The molecule has 0 fully saturated rings. The second kappa shape index (κ2) is 6.29. The van der Waals surface area contributed by atoms with E-state index >= 15 is 0 Å². The number of hydrazone groups is 1. The van der Waals surface area contributed by atoms with Gasteiger partial charge < -0.3 is 4.74 Å². The lowest BCUT2D eigenvalue weighted by molar-refractivity contribution is 0.415. The van der Waals surface area contributed by atoms with Crippen LogP contribution in [0.4, 0.5) is 5.13 Å². The van der Waals surface area contributed by atoms with Crippen molar-refractivity contribution in [2.24, 2.45) is 5.10 Å². The van der Waals surface area contributed by atoms with Gasteiger partial charge in [0.25, 0.3) is 0 Å². The van der Waals surface area contributed by atoms with Crippen LogP contribution in [0.2, 0.25) is 0 Å². The number of anilines is 1. The van der Waals surface area contributed by atoms with Crippen molar-refractivity contribution in [1.82, 2.24) is 4.98 Å². The van der Waals surface area contributed by atoms with Crippen LogP contribution >= 0.6 is 11.3 Å². The largest absolute Gasteiger partial charge is 0.497 e. The Balaban J connectivity index is 1.58. The molecule has 0 spiro atoms. The topological polar surface area (TPSA) is 46.5 Å². The van der Waals surface area contributed by atoms with Crippen molar-refractivity contribution in [3.8, 4) is 5.75 Å². The molecule has 0 unspecified atom stereocenters. The number of thiazole rings is 1. The first-order valence-electron chi connectivity index (χ1n) is 7.55. The van der Waals surface area contributed by atoms with Gasteiger partial charge in [0, 0.05) is 5.39 Å². The SMILES string of the molecule is COc1ccc(C=NNc2nc3ccc4ccccc4c3s2)cc1. The standard InChI is InChI=1S/C19H15N3OS/c1-23-15-9-6-13(7-10-15)12-20-22-19-21-17-11-8-14-4-2-3-5-16(14)18(17)24-19/h2-12H,1H3,(H,21,22). The summed E-state index contributed by atoms with van der Waals surface area (Å²) in [7, 11) is 1.65. The third-order valence-electron chi connectivity index (χ3n) is 3.77. The van der Waals surface area contributed by atoms with Crippen molar-refractivity contribution in [3.05, 3.63) is 66.2 Å². The lowest BCUT2D eigenvalue weighted by atomic mass is 10.1. The zero-order valence-electron chi connectivity index (χ0n) is 13.1. The molecule has 0 saturated carbocycles. The fourth-order valence-electron chi connectivity index (χ4n) is 2.56. The first-order chi connectivity index (χ1) is 11.8. The molecular weight excluding hydrogens is 318 g/mol. The molecule has 1 heterocycles. The van der Waals surface area contributed by atoms with Crippen LogP contribution in [0, 0.1) is 0 Å². The number of methoxy groups -OCH3 is 1. The molecule has 0 aliphatic heterocycles. The highest BCUT2D eigenvalue weighted by Crippen LogP contribution is 2.32. The molecule has 0 radical (unpaired) electrons. The van der Waals surface area contributed by atoms with Gasteiger partial charge in [0.05, 0.1) is 23.5 Å². The molecule has 4 aromatic rings. The van der Waals surface area contributed by atoms with Gasteiger partial charge in [-0.15, -0.1) is 0 Å². The van der Waals surface area contributed by atoms with E-state index in [1.807, 2.05) is 36.4 Å². The predicted octanol–water partition coefficient (Wildman–Crippen LogP) is 4.90. The van der Waals surface area contributed by atoms with Crippen LogP contribution in [0.25, 0.3) is 21.0 Å². The molecule has 0 bridgehead atoms. The molecule has 24 heavy (non-hydrogen) atoms. The molecule has 118 valence electrons. The Morgan fingerprint density at radius 3 is 2.71 bits per heavy atom. The van der Waals surface area contributed by atoms with E-state index in [1.165, 1.54) is 15.5 Å². The number of hydrogen-bond acceptors (Lipinski definition) is 5. The van der Waals surface area contributed by atoms with Crippen molar-refractivity contribution in [1.29, 1.82) is 0 Å². The van der Waals surface area contributed by atoms with Gasteiger partial charge in [-0.1, -0.05) is 41.7 Å². The van der Waals surface area contributed by atoms with E-state index in [1.54, 1.807) is 24.7 Å². The van der Waals surface area contributed by atoms with Gasteiger partial charge in [-0.2, -0.15) is 5.10 Å². The highest BCUT2D eigenvalue weighted by molar-refractivity contribution is 7.23. The Morgan fingerprint density at radius 2 is 1.88 bits per heavy atom. The summed E-state index contributed by atoms with van der Waals surface area (Å²) >= 11 is 1.61.